The zero-order valence-electron chi connectivity index (χ0n) is 20.3. The van der Waals surface area contributed by atoms with E-state index in [-0.39, 0.29) is 5.38 Å². The zero-order valence-corrected chi connectivity index (χ0v) is 21.8. The summed E-state index contributed by atoms with van der Waals surface area (Å²) in [5.41, 5.74) is 10.3. The van der Waals surface area contributed by atoms with Gasteiger partial charge in [-0.25, -0.2) is 0 Å². The van der Waals surface area contributed by atoms with Crippen molar-refractivity contribution in [3.63, 3.8) is 0 Å². The molecule has 2 aromatic carbocycles. The van der Waals surface area contributed by atoms with Crippen molar-refractivity contribution in [2.45, 2.75) is 44.9 Å². The summed E-state index contributed by atoms with van der Waals surface area (Å²) in [6, 6.07) is 8.89. The summed E-state index contributed by atoms with van der Waals surface area (Å²) < 4.78 is 6.55. The molecular formula is C29H31Cl2N3O. The number of benzene rings is 2. The van der Waals surface area contributed by atoms with Gasteiger partial charge in [0, 0.05) is 82.7 Å². The highest BCUT2D eigenvalue weighted by molar-refractivity contribution is 6.36. The second kappa shape index (κ2) is 9.15. The first-order chi connectivity index (χ1) is 17.1. The number of aryl methyl sites for hydroxylation is 2. The van der Waals surface area contributed by atoms with Crippen LogP contribution in [-0.4, -0.2) is 36.5 Å². The molecule has 2 aromatic rings. The van der Waals surface area contributed by atoms with Gasteiger partial charge in [0.2, 0.25) is 0 Å². The van der Waals surface area contributed by atoms with Crippen LogP contribution in [0.1, 0.15) is 48.9 Å². The van der Waals surface area contributed by atoms with Crippen LogP contribution in [-0.2, 0) is 12.8 Å². The predicted octanol–water partition coefficient (Wildman–Crippen LogP) is 7.28. The van der Waals surface area contributed by atoms with Crippen LogP contribution in [0.4, 0.5) is 11.4 Å². The molecule has 0 radical (unpaired) electrons. The molecule has 4 aliphatic rings. The van der Waals surface area contributed by atoms with E-state index in [1.807, 2.05) is 0 Å². The van der Waals surface area contributed by atoms with Crippen molar-refractivity contribution in [1.29, 1.82) is 0 Å². The number of likely N-dealkylation sites (N-methyl/N-ethyl adjacent to an activating group) is 1. The lowest BCUT2D eigenvalue weighted by atomic mass is 9.83. The Morgan fingerprint density at radius 1 is 0.914 bits per heavy atom. The lowest BCUT2D eigenvalue weighted by Crippen LogP contribution is -2.25. The summed E-state index contributed by atoms with van der Waals surface area (Å²) in [4.78, 5) is 2.29. The summed E-state index contributed by atoms with van der Waals surface area (Å²) in [5, 5.41) is 7.46. The second-order valence-electron chi connectivity index (χ2n) is 9.62. The SMILES string of the molecule is CCN(CC)C1=CC(Cl)C(=C2c3cc4c(cc3Oc3cc5c(cc32)CCCN5)NCCC4)C(Cl)=C1. The monoisotopic (exact) mass is 507 g/mol. The van der Waals surface area contributed by atoms with Crippen molar-refractivity contribution in [2.75, 3.05) is 36.8 Å². The average Bonchev–Trinajstić information content (AvgIpc) is 2.86. The Labute approximate surface area is 217 Å². The first-order valence-electron chi connectivity index (χ1n) is 12.8. The molecule has 3 heterocycles. The van der Waals surface area contributed by atoms with E-state index in [0.717, 1.165) is 103 Å². The standard InChI is InChI=1S/C29H31Cl2N3O/c1-3-34(4-2)19-13-22(30)29(23(31)14-19)28-20-11-17-7-5-9-32-24(17)15-26(20)35-27-16-25-18(12-21(27)28)8-6-10-33-25/h11-16,22,32-33H,3-10H2,1-2H3. The van der Waals surface area contributed by atoms with Gasteiger partial charge >= 0.3 is 0 Å². The Balaban J connectivity index is 1.58. The summed E-state index contributed by atoms with van der Waals surface area (Å²) in [6.07, 6.45) is 8.58. The van der Waals surface area contributed by atoms with Gasteiger partial charge in [-0.3, -0.25) is 0 Å². The van der Waals surface area contributed by atoms with Gasteiger partial charge < -0.3 is 20.3 Å². The van der Waals surface area contributed by atoms with Gasteiger partial charge in [0.1, 0.15) is 11.5 Å². The number of nitrogens with one attached hydrogen (secondary N) is 2. The van der Waals surface area contributed by atoms with E-state index in [1.54, 1.807) is 0 Å². The van der Waals surface area contributed by atoms with Crippen molar-refractivity contribution in [2.24, 2.45) is 0 Å². The molecule has 0 bridgehead atoms. The highest BCUT2D eigenvalue weighted by atomic mass is 35.5. The van der Waals surface area contributed by atoms with Crippen LogP contribution in [0.2, 0.25) is 0 Å². The van der Waals surface area contributed by atoms with E-state index in [1.165, 1.54) is 11.1 Å². The molecule has 0 saturated heterocycles. The van der Waals surface area contributed by atoms with Gasteiger partial charge in [-0.2, -0.15) is 0 Å². The first-order valence-corrected chi connectivity index (χ1v) is 13.6. The number of nitrogens with zero attached hydrogens (tertiary/aromatic N) is 1. The minimum absolute atomic E-state index is 0.333. The van der Waals surface area contributed by atoms with Gasteiger partial charge in [-0.15, -0.1) is 11.6 Å². The Morgan fingerprint density at radius 2 is 1.49 bits per heavy atom. The molecule has 6 heteroatoms. The third-order valence-electron chi connectivity index (χ3n) is 7.57. The van der Waals surface area contributed by atoms with Crippen LogP contribution in [0.5, 0.6) is 11.5 Å². The number of allylic oxidation sites excluding steroid dienone is 4. The molecular weight excluding hydrogens is 477 g/mol. The van der Waals surface area contributed by atoms with Gasteiger partial charge in [-0.1, -0.05) is 11.6 Å². The van der Waals surface area contributed by atoms with E-state index < -0.39 is 0 Å². The molecule has 1 unspecified atom stereocenters. The maximum absolute atomic E-state index is 7.13. The number of rotatable bonds is 3. The van der Waals surface area contributed by atoms with Crippen molar-refractivity contribution in [1.82, 2.24) is 4.90 Å². The van der Waals surface area contributed by atoms with Gasteiger partial charge in [-0.05, 0) is 74.9 Å². The summed E-state index contributed by atoms with van der Waals surface area (Å²) in [5.74, 6) is 1.71. The van der Waals surface area contributed by atoms with Crippen LogP contribution in [0.3, 0.4) is 0 Å². The Bertz CT molecular complexity index is 1220. The van der Waals surface area contributed by atoms with Crippen molar-refractivity contribution in [3.05, 3.63) is 75.0 Å². The number of halogens is 2. The fourth-order valence-corrected chi connectivity index (χ4v) is 6.51. The molecule has 1 atom stereocenters. The second-order valence-corrected chi connectivity index (χ2v) is 10.5. The van der Waals surface area contributed by atoms with Gasteiger partial charge in [0.05, 0.1) is 5.38 Å². The number of hydrogen-bond acceptors (Lipinski definition) is 4. The fraction of sp³-hybridized carbons (Fsp3) is 0.379. The van der Waals surface area contributed by atoms with Crippen LogP contribution in [0.15, 0.2) is 52.7 Å². The minimum Gasteiger partial charge on any atom is -0.456 e. The molecule has 182 valence electrons. The average molecular weight is 508 g/mol. The third-order valence-corrected chi connectivity index (χ3v) is 8.23. The molecule has 4 nitrogen and oxygen atoms in total. The summed E-state index contributed by atoms with van der Waals surface area (Å²) in [7, 11) is 0. The van der Waals surface area contributed by atoms with Crippen molar-refractivity contribution in [3.8, 4) is 11.5 Å². The lowest BCUT2D eigenvalue weighted by molar-refractivity contribution is 0.392. The lowest BCUT2D eigenvalue weighted by Gasteiger charge is -2.33. The van der Waals surface area contributed by atoms with Gasteiger partial charge in [0.15, 0.2) is 0 Å². The van der Waals surface area contributed by atoms with Crippen LogP contribution in [0.25, 0.3) is 5.57 Å². The highest BCUT2D eigenvalue weighted by Gasteiger charge is 2.33. The van der Waals surface area contributed by atoms with Crippen LogP contribution < -0.4 is 15.4 Å². The number of alkyl halides is 1. The Hall–Kier alpha value is -2.56. The largest absolute Gasteiger partial charge is 0.456 e. The van der Waals surface area contributed by atoms with Crippen LogP contribution >= 0.6 is 23.2 Å². The first kappa shape index (κ1) is 22.9. The molecule has 1 aliphatic carbocycles. The Kier molecular flexibility index (Phi) is 5.98. The molecule has 3 aliphatic heterocycles. The van der Waals surface area contributed by atoms with Crippen molar-refractivity contribution >= 4 is 40.1 Å². The summed E-state index contributed by atoms with van der Waals surface area (Å²) >= 11 is 14.2. The molecule has 0 aromatic heterocycles. The number of anilines is 2. The van der Waals surface area contributed by atoms with Crippen molar-refractivity contribution < 1.29 is 4.74 Å². The van der Waals surface area contributed by atoms with Crippen LogP contribution in [0, 0.1) is 0 Å². The predicted molar refractivity (Wildman–Crippen MR) is 147 cm³/mol. The summed E-state index contributed by atoms with van der Waals surface area (Å²) in [6.45, 7) is 8.12. The van der Waals surface area contributed by atoms with Gasteiger partial charge in [0.25, 0.3) is 0 Å². The number of ether oxygens (including phenoxy) is 1. The topological polar surface area (TPSA) is 36.5 Å². The molecule has 0 spiro atoms. The van der Waals surface area contributed by atoms with E-state index in [9.17, 15) is 0 Å². The maximum atomic E-state index is 7.13. The quantitative estimate of drug-likeness (QED) is 0.365. The minimum atomic E-state index is -0.333. The molecule has 0 saturated carbocycles. The fourth-order valence-electron chi connectivity index (χ4n) is 5.77. The third kappa shape index (κ3) is 3.91. The normalized spacial score (nSPS) is 20.2. The van der Waals surface area contributed by atoms with E-state index in [4.69, 9.17) is 27.9 Å². The molecule has 0 fully saturated rings. The van der Waals surface area contributed by atoms with E-state index in [2.05, 4.69) is 65.8 Å². The number of fused-ring (bicyclic) bond motifs is 4. The highest BCUT2D eigenvalue weighted by Crippen LogP contribution is 2.52. The smallest absolute Gasteiger partial charge is 0.137 e. The van der Waals surface area contributed by atoms with E-state index >= 15 is 0 Å². The maximum Gasteiger partial charge on any atom is 0.137 e. The molecule has 35 heavy (non-hydrogen) atoms. The zero-order chi connectivity index (χ0) is 24.1. The molecule has 0 amide bonds. The number of hydrogen-bond donors (Lipinski definition) is 2. The van der Waals surface area contributed by atoms with E-state index in [0.29, 0.717) is 5.03 Å². The Morgan fingerprint density at radius 3 is 2.00 bits per heavy atom. The molecule has 6 rings (SSSR count). The molecule has 2 N–H and O–H groups in total.